The maximum absolute atomic E-state index is 5.92. The van der Waals surface area contributed by atoms with Crippen molar-refractivity contribution in [3.05, 3.63) is 96.1 Å². The molecule has 0 saturated carbocycles. The maximum atomic E-state index is 5.92. The molecule has 3 rings (SSSR count). The van der Waals surface area contributed by atoms with Crippen LogP contribution in [0, 0.1) is 6.92 Å². The third kappa shape index (κ3) is 3.89. The summed E-state index contributed by atoms with van der Waals surface area (Å²) < 4.78 is 5.92. The molecule has 0 aliphatic heterocycles. The van der Waals surface area contributed by atoms with Gasteiger partial charge in [0.15, 0.2) is 0 Å². The van der Waals surface area contributed by atoms with Gasteiger partial charge in [0.25, 0.3) is 0 Å². The van der Waals surface area contributed by atoms with Crippen molar-refractivity contribution in [1.82, 2.24) is 0 Å². The van der Waals surface area contributed by atoms with E-state index in [1.807, 2.05) is 36.4 Å². The Morgan fingerprint density at radius 2 is 1.70 bits per heavy atom. The predicted octanol–water partition coefficient (Wildman–Crippen LogP) is 5.88. The van der Waals surface area contributed by atoms with Gasteiger partial charge in [-0.25, -0.2) is 0 Å². The van der Waals surface area contributed by atoms with Gasteiger partial charge in [0.1, 0.15) is 12.4 Å². The second kappa shape index (κ2) is 6.97. The summed E-state index contributed by atoms with van der Waals surface area (Å²) in [4.78, 5) is 0. The van der Waals surface area contributed by atoms with Gasteiger partial charge in [0.2, 0.25) is 0 Å². The molecular formula is C22H20O. The molecule has 0 unspecified atom stereocenters. The molecule has 3 aromatic carbocycles. The lowest BCUT2D eigenvalue weighted by atomic mass is 10.00. The minimum atomic E-state index is 0.579. The fourth-order valence-electron chi connectivity index (χ4n) is 2.60. The topological polar surface area (TPSA) is 9.23 Å². The predicted molar refractivity (Wildman–Crippen MR) is 97.5 cm³/mol. The molecule has 0 aliphatic rings. The second-order valence-electron chi connectivity index (χ2n) is 5.64. The van der Waals surface area contributed by atoms with Crippen molar-refractivity contribution in [2.75, 3.05) is 0 Å². The van der Waals surface area contributed by atoms with Crippen LogP contribution in [-0.4, -0.2) is 0 Å². The number of ether oxygens (including phenoxy) is 1. The molecule has 1 heteroatoms. The van der Waals surface area contributed by atoms with Gasteiger partial charge in [-0.2, -0.15) is 0 Å². The molecule has 0 aliphatic carbocycles. The van der Waals surface area contributed by atoms with Gasteiger partial charge in [-0.1, -0.05) is 67.3 Å². The number of hydrogen-bond donors (Lipinski definition) is 0. The zero-order valence-electron chi connectivity index (χ0n) is 13.3. The van der Waals surface area contributed by atoms with Crippen LogP contribution < -0.4 is 4.74 Å². The summed E-state index contributed by atoms with van der Waals surface area (Å²) in [5.74, 6) is 0.882. The third-order valence-electron chi connectivity index (χ3n) is 3.75. The molecule has 0 bridgehead atoms. The quantitative estimate of drug-likeness (QED) is 0.571. The standard InChI is InChI=1S/C22H20O/c1-3-18-12-17(2)13-21(14-18)20-10-7-11-22(15-20)23-16-19-8-5-4-6-9-19/h3-15H,1,16H2,2H3. The van der Waals surface area contributed by atoms with Gasteiger partial charge >= 0.3 is 0 Å². The van der Waals surface area contributed by atoms with Gasteiger partial charge in [0, 0.05) is 0 Å². The summed E-state index contributed by atoms with van der Waals surface area (Å²) in [6.07, 6.45) is 1.88. The first-order valence-electron chi connectivity index (χ1n) is 7.76. The van der Waals surface area contributed by atoms with E-state index in [0.717, 1.165) is 16.9 Å². The monoisotopic (exact) mass is 300 g/mol. The molecule has 114 valence electrons. The van der Waals surface area contributed by atoms with Crippen molar-refractivity contribution in [3.63, 3.8) is 0 Å². The SMILES string of the molecule is C=Cc1cc(C)cc(-c2cccc(OCc3ccccc3)c2)c1. The molecule has 0 atom stereocenters. The Labute approximate surface area is 137 Å². The molecule has 0 aromatic heterocycles. The zero-order valence-corrected chi connectivity index (χ0v) is 13.3. The molecule has 0 N–H and O–H groups in total. The highest BCUT2D eigenvalue weighted by atomic mass is 16.5. The van der Waals surface area contributed by atoms with E-state index in [9.17, 15) is 0 Å². The maximum Gasteiger partial charge on any atom is 0.120 e. The van der Waals surface area contributed by atoms with Crippen LogP contribution in [0.1, 0.15) is 16.7 Å². The summed E-state index contributed by atoms with van der Waals surface area (Å²) >= 11 is 0. The largest absolute Gasteiger partial charge is 0.489 e. The highest BCUT2D eigenvalue weighted by Crippen LogP contribution is 2.26. The molecular weight excluding hydrogens is 280 g/mol. The van der Waals surface area contributed by atoms with Crippen molar-refractivity contribution in [2.24, 2.45) is 0 Å². The molecule has 0 saturated heterocycles. The summed E-state index contributed by atoms with van der Waals surface area (Å²) in [7, 11) is 0. The van der Waals surface area contributed by atoms with Crippen molar-refractivity contribution in [1.29, 1.82) is 0 Å². The van der Waals surface area contributed by atoms with Crippen LogP contribution in [0.2, 0.25) is 0 Å². The van der Waals surface area contributed by atoms with Crippen LogP contribution >= 0.6 is 0 Å². The van der Waals surface area contributed by atoms with Crippen LogP contribution in [0.3, 0.4) is 0 Å². The van der Waals surface area contributed by atoms with E-state index in [1.165, 1.54) is 16.7 Å². The van der Waals surface area contributed by atoms with E-state index in [-0.39, 0.29) is 0 Å². The van der Waals surface area contributed by atoms with Crippen LogP contribution in [0.25, 0.3) is 17.2 Å². The average Bonchev–Trinajstić information content (AvgIpc) is 2.60. The first-order chi connectivity index (χ1) is 11.2. The summed E-state index contributed by atoms with van der Waals surface area (Å²) in [5, 5.41) is 0. The summed E-state index contributed by atoms with van der Waals surface area (Å²) in [6.45, 7) is 6.55. The van der Waals surface area contributed by atoms with Gasteiger partial charge < -0.3 is 4.74 Å². The number of rotatable bonds is 5. The Hall–Kier alpha value is -2.80. The van der Waals surface area contributed by atoms with E-state index in [0.29, 0.717) is 6.61 Å². The highest BCUT2D eigenvalue weighted by molar-refractivity contribution is 5.69. The van der Waals surface area contributed by atoms with Gasteiger partial charge in [0.05, 0.1) is 0 Å². The number of hydrogen-bond acceptors (Lipinski definition) is 1. The normalized spacial score (nSPS) is 10.3. The van der Waals surface area contributed by atoms with Crippen molar-refractivity contribution in [3.8, 4) is 16.9 Å². The zero-order chi connectivity index (χ0) is 16.1. The number of aryl methyl sites for hydroxylation is 1. The van der Waals surface area contributed by atoms with E-state index in [1.54, 1.807) is 0 Å². The highest BCUT2D eigenvalue weighted by Gasteiger charge is 2.03. The van der Waals surface area contributed by atoms with Crippen LogP contribution in [0.15, 0.2) is 79.4 Å². The van der Waals surface area contributed by atoms with Crippen LogP contribution in [0.4, 0.5) is 0 Å². The molecule has 0 amide bonds. The lowest BCUT2D eigenvalue weighted by Crippen LogP contribution is -1.95. The minimum absolute atomic E-state index is 0.579. The van der Waals surface area contributed by atoms with Gasteiger partial charge in [-0.05, 0) is 52.9 Å². The van der Waals surface area contributed by atoms with E-state index in [4.69, 9.17) is 4.74 Å². The van der Waals surface area contributed by atoms with Gasteiger partial charge in [-0.3, -0.25) is 0 Å². The molecule has 3 aromatic rings. The molecule has 0 fully saturated rings. The lowest BCUT2D eigenvalue weighted by molar-refractivity contribution is 0.306. The Morgan fingerprint density at radius 3 is 2.48 bits per heavy atom. The van der Waals surface area contributed by atoms with Crippen molar-refractivity contribution in [2.45, 2.75) is 13.5 Å². The molecule has 0 spiro atoms. The molecule has 0 heterocycles. The lowest BCUT2D eigenvalue weighted by Gasteiger charge is -2.10. The van der Waals surface area contributed by atoms with Crippen molar-refractivity contribution < 1.29 is 4.74 Å². The van der Waals surface area contributed by atoms with E-state index < -0.39 is 0 Å². The van der Waals surface area contributed by atoms with E-state index in [2.05, 4.69) is 56.0 Å². The van der Waals surface area contributed by atoms with Crippen LogP contribution in [0.5, 0.6) is 5.75 Å². The Bertz CT molecular complexity index is 803. The van der Waals surface area contributed by atoms with E-state index >= 15 is 0 Å². The van der Waals surface area contributed by atoms with Crippen LogP contribution in [-0.2, 0) is 6.61 Å². The molecule has 1 nitrogen and oxygen atoms in total. The second-order valence-corrected chi connectivity index (χ2v) is 5.64. The average molecular weight is 300 g/mol. The smallest absolute Gasteiger partial charge is 0.120 e. The fourth-order valence-corrected chi connectivity index (χ4v) is 2.60. The summed E-state index contributed by atoms with van der Waals surface area (Å²) in [6, 6.07) is 24.9. The summed E-state index contributed by atoms with van der Waals surface area (Å²) in [5.41, 5.74) is 5.87. The Balaban J connectivity index is 1.82. The van der Waals surface area contributed by atoms with Crippen molar-refractivity contribution >= 4 is 6.08 Å². The molecule has 0 radical (unpaired) electrons. The Kier molecular flexibility index (Phi) is 4.58. The molecule has 23 heavy (non-hydrogen) atoms. The first kappa shape index (κ1) is 15.1. The number of benzene rings is 3. The third-order valence-corrected chi connectivity index (χ3v) is 3.75. The van der Waals surface area contributed by atoms with Gasteiger partial charge in [-0.15, -0.1) is 0 Å². The minimum Gasteiger partial charge on any atom is -0.489 e. The first-order valence-corrected chi connectivity index (χ1v) is 7.76. The Morgan fingerprint density at radius 1 is 0.870 bits per heavy atom. The fraction of sp³-hybridized carbons (Fsp3) is 0.0909.